The largest absolute Gasteiger partial charge is 0.378 e. The smallest absolute Gasteiger partial charge is 0.334 e. The maximum absolute atomic E-state index is 13.6. The Hall–Kier alpha value is -3.72. The zero-order chi connectivity index (χ0) is 22.9. The molecule has 0 aliphatic carbocycles. The lowest BCUT2D eigenvalue weighted by atomic mass is 10.1. The number of morpholine rings is 1. The molecule has 1 aromatic carbocycles. The molecule has 0 radical (unpaired) electrons. The summed E-state index contributed by atoms with van der Waals surface area (Å²) in [5.41, 5.74) is 2.49. The van der Waals surface area contributed by atoms with Crippen molar-refractivity contribution >= 4 is 22.8 Å². The van der Waals surface area contributed by atoms with Gasteiger partial charge in [0.05, 0.1) is 42.2 Å². The van der Waals surface area contributed by atoms with E-state index in [-0.39, 0.29) is 23.5 Å². The van der Waals surface area contributed by atoms with Crippen LogP contribution >= 0.6 is 0 Å². The Bertz CT molecular complexity index is 1270. The number of carbonyl (C=O) groups is 2. The molecule has 9 heteroatoms. The van der Waals surface area contributed by atoms with Crippen molar-refractivity contribution in [2.75, 3.05) is 39.4 Å². The van der Waals surface area contributed by atoms with Gasteiger partial charge in [-0.3, -0.25) is 23.7 Å². The lowest BCUT2D eigenvalue weighted by Gasteiger charge is -2.26. The molecule has 170 valence electrons. The zero-order valence-electron chi connectivity index (χ0n) is 18.2. The van der Waals surface area contributed by atoms with Crippen LogP contribution in [-0.2, 0) is 9.53 Å². The van der Waals surface area contributed by atoms with Crippen molar-refractivity contribution in [2.45, 2.75) is 12.5 Å². The highest BCUT2D eigenvalue weighted by molar-refractivity contribution is 5.94. The number of likely N-dealkylation sites (tertiary alicyclic amines) is 1. The SMILES string of the molecule is C=CC(=O)N1CC[C@@H](n2c(=O)n(-c3ccc(C(=O)N4CCOCC4)cc3)c3cnccc32)C1. The summed E-state index contributed by atoms with van der Waals surface area (Å²) in [6, 6.07) is 8.76. The van der Waals surface area contributed by atoms with Gasteiger partial charge < -0.3 is 14.5 Å². The molecule has 5 rings (SSSR count). The first-order valence-corrected chi connectivity index (χ1v) is 11.0. The summed E-state index contributed by atoms with van der Waals surface area (Å²) >= 11 is 0. The molecule has 0 unspecified atom stereocenters. The Morgan fingerprint density at radius 2 is 1.79 bits per heavy atom. The first-order chi connectivity index (χ1) is 16.1. The van der Waals surface area contributed by atoms with Crippen molar-refractivity contribution in [3.8, 4) is 5.69 Å². The van der Waals surface area contributed by atoms with E-state index in [1.165, 1.54) is 6.08 Å². The Morgan fingerprint density at radius 1 is 1.03 bits per heavy atom. The van der Waals surface area contributed by atoms with Crippen LogP contribution in [-0.4, -0.2) is 75.1 Å². The van der Waals surface area contributed by atoms with E-state index in [1.54, 1.807) is 55.6 Å². The van der Waals surface area contributed by atoms with E-state index in [1.807, 2.05) is 6.07 Å². The van der Waals surface area contributed by atoms with Crippen molar-refractivity contribution in [3.63, 3.8) is 0 Å². The van der Waals surface area contributed by atoms with Gasteiger partial charge in [-0.25, -0.2) is 4.79 Å². The van der Waals surface area contributed by atoms with Crippen LogP contribution in [0.3, 0.4) is 0 Å². The van der Waals surface area contributed by atoms with Crippen molar-refractivity contribution in [1.29, 1.82) is 0 Å². The van der Waals surface area contributed by atoms with Crippen molar-refractivity contribution < 1.29 is 14.3 Å². The quantitative estimate of drug-likeness (QED) is 0.567. The number of carbonyl (C=O) groups excluding carboxylic acids is 2. The number of hydrogen-bond acceptors (Lipinski definition) is 5. The number of fused-ring (bicyclic) bond motifs is 1. The van der Waals surface area contributed by atoms with Crippen molar-refractivity contribution in [3.05, 3.63) is 71.4 Å². The first-order valence-electron chi connectivity index (χ1n) is 11.0. The zero-order valence-corrected chi connectivity index (χ0v) is 18.2. The molecule has 3 aromatic rings. The maximum Gasteiger partial charge on any atom is 0.334 e. The number of aromatic nitrogens is 3. The van der Waals surface area contributed by atoms with Gasteiger partial charge in [-0.15, -0.1) is 0 Å². The number of nitrogens with zero attached hydrogens (tertiary/aromatic N) is 5. The molecule has 0 spiro atoms. The molecule has 9 nitrogen and oxygen atoms in total. The third kappa shape index (κ3) is 3.74. The van der Waals surface area contributed by atoms with E-state index in [4.69, 9.17) is 4.74 Å². The third-order valence-electron chi connectivity index (χ3n) is 6.36. The Labute approximate surface area is 190 Å². The molecular formula is C24H25N5O4. The predicted octanol–water partition coefficient (Wildman–Crippen LogP) is 1.62. The Kier molecular flexibility index (Phi) is 5.55. The van der Waals surface area contributed by atoms with E-state index in [0.29, 0.717) is 62.6 Å². The van der Waals surface area contributed by atoms with Gasteiger partial charge >= 0.3 is 5.69 Å². The van der Waals surface area contributed by atoms with Gasteiger partial charge in [0.2, 0.25) is 5.91 Å². The molecule has 0 bridgehead atoms. The third-order valence-corrected chi connectivity index (χ3v) is 6.36. The van der Waals surface area contributed by atoms with Crippen LogP contribution in [0.1, 0.15) is 22.8 Å². The maximum atomic E-state index is 13.6. The second kappa shape index (κ2) is 8.67. The standard InChI is InChI=1S/C24H25N5O4/c1-2-22(30)27-10-8-19(16-27)29-20-7-9-25-15-21(20)28(24(29)32)18-5-3-17(4-6-18)23(31)26-11-13-33-14-12-26/h2-7,9,15,19H,1,8,10-14,16H2/t19-/m1/s1. The van der Waals surface area contributed by atoms with Crippen LogP contribution in [0, 0.1) is 0 Å². The summed E-state index contributed by atoms with van der Waals surface area (Å²) in [5.74, 6) is -0.171. The van der Waals surface area contributed by atoms with E-state index in [2.05, 4.69) is 11.6 Å². The molecule has 2 aromatic heterocycles. The highest BCUT2D eigenvalue weighted by Crippen LogP contribution is 2.26. The van der Waals surface area contributed by atoms with Crippen LogP contribution in [0.5, 0.6) is 0 Å². The average Bonchev–Trinajstić information content (AvgIpc) is 3.46. The topological polar surface area (TPSA) is 89.7 Å². The van der Waals surface area contributed by atoms with Crippen molar-refractivity contribution in [1.82, 2.24) is 23.9 Å². The highest BCUT2D eigenvalue weighted by atomic mass is 16.5. The van der Waals surface area contributed by atoms with Gasteiger partial charge in [0.25, 0.3) is 5.91 Å². The summed E-state index contributed by atoms with van der Waals surface area (Å²) in [5, 5.41) is 0. The van der Waals surface area contributed by atoms with Crippen LogP contribution in [0.2, 0.25) is 0 Å². The number of benzene rings is 1. The second-order valence-corrected chi connectivity index (χ2v) is 8.23. The molecular weight excluding hydrogens is 422 g/mol. The normalized spacial score (nSPS) is 18.6. The van der Waals surface area contributed by atoms with Crippen LogP contribution in [0.15, 0.2) is 60.2 Å². The van der Waals surface area contributed by atoms with Crippen LogP contribution in [0.4, 0.5) is 0 Å². The van der Waals surface area contributed by atoms with Gasteiger partial charge in [-0.2, -0.15) is 0 Å². The Morgan fingerprint density at radius 3 is 2.52 bits per heavy atom. The molecule has 1 atom stereocenters. The van der Waals surface area contributed by atoms with E-state index < -0.39 is 0 Å². The van der Waals surface area contributed by atoms with E-state index in [9.17, 15) is 14.4 Å². The number of rotatable bonds is 4. The van der Waals surface area contributed by atoms with Gasteiger partial charge in [0.15, 0.2) is 0 Å². The predicted molar refractivity (Wildman–Crippen MR) is 122 cm³/mol. The summed E-state index contributed by atoms with van der Waals surface area (Å²) < 4.78 is 8.69. The summed E-state index contributed by atoms with van der Waals surface area (Å²) in [6.45, 7) is 6.84. The fourth-order valence-electron chi connectivity index (χ4n) is 4.65. The lowest BCUT2D eigenvalue weighted by molar-refractivity contribution is -0.125. The molecule has 2 amide bonds. The monoisotopic (exact) mass is 447 g/mol. The molecule has 2 saturated heterocycles. The minimum Gasteiger partial charge on any atom is -0.378 e. The number of hydrogen-bond donors (Lipinski definition) is 0. The van der Waals surface area contributed by atoms with Crippen LogP contribution < -0.4 is 5.69 Å². The Balaban J connectivity index is 1.50. The first kappa shape index (κ1) is 21.1. The van der Waals surface area contributed by atoms with Crippen molar-refractivity contribution in [2.24, 2.45) is 0 Å². The molecule has 2 aliphatic rings. The minimum atomic E-state index is -0.192. The number of amides is 2. The fourth-order valence-corrected chi connectivity index (χ4v) is 4.65. The number of imidazole rings is 1. The van der Waals surface area contributed by atoms with E-state index in [0.717, 1.165) is 5.52 Å². The summed E-state index contributed by atoms with van der Waals surface area (Å²) in [4.78, 5) is 46.1. The lowest BCUT2D eigenvalue weighted by Crippen LogP contribution is -2.40. The molecule has 2 fully saturated rings. The number of ether oxygens (including phenoxy) is 1. The van der Waals surface area contributed by atoms with Gasteiger partial charge in [-0.1, -0.05) is 6.58 Å². The molecule has 0 N–H and O–H groups in total. The summed E-state index contributed by atoms with van der Waals surface area (Å²) in [6.07, 6.45) is 5.32. The second-order valence-electron chi connectivity index (χ2n) is 8.23. The average molecular weight is 447 g/mol. The van der Waals surface area contributed by atoms with Gasteiger partial charge in [0, 0.05) is 37.9 Å². The van der Waals surface area contributed by atoms with Gasteiger partial charge in [-0.05, 0) is 42.8 Å². The molecule has 2 aliphatic heterocycles. The van der Waals surface area contributed by atoms with Gasteiger partial charge in [0.1, 0.15) is 0 Å². The molecule has 4 heterocycles. The summed E-state index contributed by atoms with van der Waals surface area (Å²) in [7, 11) is 0. The van der Waals surface area contributed by atoms with Crippen LogP contribution in [0.25, 0.3) is 16.7 Å². The highest BCUT2D eigenvalue weighted by Gasteiger charge is 2.30. The van der Waals surface area contributed by atoms with E-state index >= 15 is 0 Å². The molecule has 33 heavy (non-hydrogen) atoms. The number of pyridine rings is 1. The fraction of sp³-hybridized carbons (Fsp3) is 0.333. The minimum absolute atomic E-state index is 0.0424. The molecule has 0 saturated carbocycles.